The number of fused-ring (bicyclic) bond motifs is 2. The zero-order valence-electron chi connectivity index (χ0n) is 29.2. The average molecular weight is 653 g/mol. The predicted molar refractivity (Wildman–Crippen MR) is 222 cm³/mol. The van der Waals surface area contributed by atoms with Gasteiger partial charge in [0.25, 0.3) is 0 Å². The lowest BCUT2D eigenvalue weighted by Gasteiger charge is -2.20. The summed E-state index contributed by atoms with van der Waals surface area (Å²) in [7, 11) is 0. The molecule has 8 aromatic carbocycles. The fourth-order valence-corrected chi connectivity index (χ4v) is 7.53. The second-order valence-corrected chi connectivity index (χ2v) is 13.1. The third-order valence-electron chi connectivity index (χ3n) is 9.80. The lowest BCUT2D eigenvalue weighted by atomic mass is 9.83. The molecule has 0 saturated carbocycles. The topological polar surface area (TPSA) is 0 Å². The largest absolute Gasteiger partial charge is 0.0871 e. The molecule has 0 heteroatoms. The second kappa shape index (κ2) is 14.3. The predicted octanol–water partition coefficient (Wildman–Crippen LogP) is 14.7. The van der Waals surface area contributed by atoms with Crippen LogP contribution < -0.4 is 0 Å². The van der Waals surface area contributed by atoms with Crippen LogP contribution in [0.1, 0.15) is 25.8 Å². The Morgan fingerprint density at radius 3 is 1.12 bits per heavy atom. The van der Waals surface area contributed by atoms with Crippen molar-refractivity contribution < 1.29 is 0 Å². The Kier molecular flexibility index (Phi) is 8.98. The van der Waals surface area contributed by atoms with Gasteiger partial charge in [-0.1, -0.05) is 165 Å². The van der Waals surface area contributed by atoms with Gasteiger partial charge in [0.15, 0.2) is 0 Å². The van der Waals surface area contributed by atoms with Gasteiger partial charge in [0.1, 0.15) is 0 Å². The number of rotatable bonds is 8. The number of benzene rings is 8. The molecule has 0 amide bonds. The van der Waals surface area contributed by atoms with Gasteiger partial charge in [-0.05, 0) is 138 Å². The van der Waals surface area contributed by atoms with E-state index in [1.54, 1.807) is 0 Å². The molecule has 0 spiro atoms. The molecule has 0 aliphatic rings. The Morgan fingerprint density at radius 1 is 0.392 bits per heavy atom. The molecule has 0 nitrogen and oxygen atoms in total. The quantitative estimate of drug-likeness (QED) is 0.113. The Hall–Kier alpha value is -6.24. The molecule has 0 bridgehead atoms. The highest BCUT2D eigenvalue weighted by Gasteiger charge is 2.19. The second-order valence-electron chi connectivity index (χ2n) is 13.1. The minimum Gasteiger partial charge on any atom is -0.0871 e. The number of hydrogen-bond donors (Lipinski definition) is 0. The summed E-state index contributed by atoms with van der Waals surface area (Å²) in [6, 6.07) is 64.5. The van der Waals surface area contributed by atoms with E-state index in [-0.39, 0.29) is 0 Å². The van der Waals surface area contributed by atoms with Gasteiger partial charge in [-0.2, -0.15) is 0 Å². The van der Waals surface area contributed by atoms with E-state index in [9.17, 15) is 0 Å². The standard InChI is InChI=1S/C51H40/c1-3-18-36(19-4-2)40-30-41(37-20-8-5-9-21-37)33-44(32-40)50-46-26-14-16-28-48(46)51(49-29-17-15-27-47(49)50)45-34-42(38-22-10-6-11-23-38)31-43(35-45)39-24-12-7-13-25-39/h3,5-35H,4H2,1-2H3/b18-3-,36-19+. The van der Waals surface area contributed by atoms with Crippen molar-refractivity contribution in [2.75, 3.05) is 0 Å². The van der Waals surface area contributed by atoms with Crippen LogP contribution >= 0.6 is 0 Å². The molecule has 0 fully saturated rings. The van der Waals surface area contributed by atoms with Crippen molar-refractivity contribution in [2.45, 2.75) is 20.3 Å². The normalized spacial score (nSPS) is 11.8. The Labute approximate surface area is 301 Å². The average Bonchev–Trinajstić information content (AvgIpc) is 3.20. The van der Waals surface area contributed by atoms with Gasteiger partial charge >= 0.3 is 0 Å². The van der Waals surface area contributed by atoms with Crippen molar-refractivity contribution in [3.05, 3.63) is 200 Å². The monoisotopic (exact) mass is 652 g/mol. The summed E-state index contributed by atoms with van der Waals surface area (Å²) in [6.45, 7) is 4.31. The van der Waals surface area contributed by atoms with Crippen LogP contribution in [0.2, 0.25) is 0 Å². The molecular weight excluding hydrogens is 613 g/mol. The van der Waals surface area contributed by atoms with E-state index in [4.69, 9.17) is 0 Å². The molecule has 0 atom stereocenters. The van der Waals surface area contributed by atoms with Crippen molar-refractivity contribution in [2.24, 2.45) is 0 Å². The molecule has 8 rings (SSSR count). The van der Waals surface area contributed by atoms with E-state index >= 15 is 0 Å². The maximum absolute atomic E-state index is 2.39. The number of allylic oxidation sites excluding steroid dienone is 4. The van der Waals surface area contributed by atoms with Gasteiger partial charge in [0.2, 0.25) is 0 Å². The molecule has 51 heavy (non-hydrogen) atoms. The molecule has 0 aromatic heterocycles. The maximum atomic E-state index is 2.39. The highest BCUT2D eigenvalue weighted by atomic mass is 14.2. The van der Waals surface area contributed by atoms with Crippen LogP contribution in [0.4, 0.5) is 0 Å². The summed E-state index contributed by atoms with van der Waals surface area (Å²) in [5, 5.41) is 5.00. The Bertz CT molecular complexity index is 2420. The summed E-state index contributed by atoms with van der Waals surface area (Å²) >= 11 is 0. The highest BCUT2D eigenvalue weighted by Crippen LogP contribution is 2.46. The van der Waals surface area contributed by atoms with Crippen LogP contribution in [-0.2, 0) is 0 Å². The van der Waals surface area contributed by atoms with Crippen molar-refractivity contribution in [3.8, 4) is 55.6 Å². The lowest BCUT2D eigenvalue weighted by molar-refractivity contribution is 1.23. The van der Waals surface area contributed by atoms with Gasteiger partial charge in [-0.3, -0.25) is 0 Å². The van der Waals surface area contributed by atoms with E-state index in [0.717, 1.165) is 6.42 Å². The summed E-state index contributed by atoms with van der Waals surface area (Å²) in [6.07, 6.45) is 7.68. The van der Waals surface area contributed by atoms with E-state index < -0.39 is 0 Å². The van der Waals surface area contributed by atoms with Crippen LogP contribution in [0.5, 0.6) is 0 Å². The molecule has 244 valence electrons. The zero-order chi connectivity index (χ0) is 34.6. The molecule has 0 unspecified atom stereocenters. The van der Waals surface area contributed by atoms with Gasteiger partial charge in [-0.25, -0.2) is 0 Å². The van der Waals surface area contributed by atoms with Crippen LogP contribution in [0, 0.1) is 0 Å². The first kappa shape index (κ1) is 32.0. The first-order valence-electron chi connectivity index (χ1n) is 18.0. The molecule has 0 aliphatic carbocycles. The molecule has 8 aromatic rings. The van der Waals surface area contributed by atoms with Gasteiger partial charge in [-0.15, -0.1) is 0 Å². The van der Waals surface area contributed by atoms with Crippen molar-refractivity contribution in [3.63, 3.8) is 0 Å². The molecule has 0 heterocycles. The van der Waals surface area contributed by atoms with Gasteiger partial charge in [0.05, 0.1) is 0 Å². The molecular formula is C51H40. The zero-order valence-corrected chi connectivity index (χ0v) is 29.2. The Morgan fingerprint density at radius 2 is 0.725 bits per heavy atom. The highest BCUT2D eigenvalue weighted by molar-refractivity contribution is 6.22. The third kappa shape index (κ3) is 6.33. The van der Waals surface area contributed by atoms with Crippen molar-refractivity contribution in [1.29, 1.82) is 0 Å². The molecule has 0 N–H and O–H groups in total. The first-order valence-corrected chi connectivity index (χ1v) is 18.0. The third-order valence-corrected chi connectivity index (χ3v) is 9.80. The lowest BCUT2D eigenvalue weighted by Crippen LogP contribution is -1.94. The molecule has 0 saturated heterocycles. The minimum absolute atomic E-state index is 0.970. The van der Waals surface area contributed by atoms with E-state index in [1.807, 2.05) is 0 Å². The summed E-state index contributed by atoms with van der Waals surface area (Å²) in [4.78, 5) is 0. The summed E-state index contributed by atoms with van der Waals surface area (Å²) < 4.78 is 0. The number of hydrogen-bond acceptors (Lipinski definition) is 0. The maximum Gasteiger partial charge on any atom is -0.00259 e. The van der Waals surface area contributed by atoms with Gasteiger partial charge < -0.3 is 0 Å². The van der Waals surface area contributed by atoms with Gasteiger partial charge in [0, 0.05) is 0 Å². The fourth-order valence-electron chi connectivity index (χ4n) is 7.53. The Balaban J connectivity index is 1.45. The summed E-state index contributed by atoms with van der Waals surface area (Å²) in [5.41, 5.74) is 14.7. The fraction of sp³-hybridized carbons (Fsp3) is 0.0588. The van der Waals surface area contributed by atoms with E-state index in [0.29, 0.717) is 0 Å². The van der Waals surface area contributed by atoms with Crippen LogP contribution in [-0.4, -0.2) is 0 Å². The molecule has 0 aliphatic heterocycles. The van der Waals surface area contributed by atoms with Crippen molar-refractivity contribution >= 4 is 27.1 Å². The van der Waals surface area contributed by atoms with E-state index in [1.165, 1.54) is 88.3 Å². The minimum atomic E-state index is 0.970. The first-order chi connectivity index (χ1) is 25.2. The summed E-state index contributed by atoms with van der Waals surface area (Å²) in [5.74, 6) is 0. The van der Waals surface area contributed by atoms with Crippen LogP contribution in [0.3, 0.4) is 0 Å². The molecule has 0 radical (unpaired) electrons. The van der Waals surface area contributed by atoms with E-state index in [2.05, 4.69) is 208 Å². The SMILES string of the molecule is C/C=C\C(=C/CC)c1cc(-c2ccccc2)cc(-c2c3ccccc3c(-c3cc(-c4ccccc4)cc(-c4ccccc4)c3)c3ccccc23)c1. The van der Waals surface area contributed by atoms with Crippen LogP contribution in [0.15, 0.2) is 194 Å². The van der Waals surface area contributed by atoms with Crippen molar-refractivity contribution in [1.82, 2.24) is 0 Å². The smallest absolute Gasteiger partial charge is 0.00259 e. The van der Waals surface area contributed by atoms with Crippen LogP contribution in [0.25, 0.3) is 82.8 Å².